The zero-order chi connectivity index (χ0) is 31.6. The molecular weight excluding hydrogens is 599 g/mol. The van der Waals surface area contributed by atoms with Gasteiger partial charge in [0.05, 0.1) is 4.90 Å². The highest BCUT2D eigenvalue weighted by Gasteiger charge is 2.57. The van der Waals surface area contributed by atoms with Gasteiger partial charge in [0.15, 0.2) is 0 Å². The van der Waals surface area contributed by atoms with E-state index in [9.17, 15) is 22.0 Å². The molecule has 1 aliphatic heterocycles. The van der Waals surface area contributed by atoms with E-state index in [-0.39, 0.29) is 17.7 Å². The van der Waals surface area contributed by atoms with Crippen LogP contribution in [-0.4, -0.2) is 43.3 Å². The summed E-state index contributed by atoms with van der Waals surface area (Å²) in [7, 11) is -3.79. The molecular formula is C35H34F3N3O3S. The average molecular weight is 634 g/mol. The van der Waals surface area contributed by atoms with Crippen molar-refractivity contribution < 1.29 is 26.4 Å². The van der Waals surface area contributed by atoms with E-state index in [1.807, 2.05) is 0 Å². The van der Waals surface area contributed by atoms with E-state index in [1.165, 1.54) is 36.4 Å². The molecule has 1 saturated heterocycles. The van der Waals surface area contributed by atoms with Gasteiger partial charge < -0.3 is 10.6 Å². The summed E-state index contributed by atoms with van der Waals surface area (Å²) in [6, 6.07) is 24.0. The van der Waals surface area contributed by atoms with Crippen LogP contribution in [0.15, 0.2) is 102 Å². The minimum Gasteiger partial charge on any atom is -0.326 e. The van der Waals surface area contributed by atoms with Crippen LogP contribution in [0.25, 0.3) is 0 Å². The van der Waals surface area contributed by atoms with Crippen molar-refractivity contribution in [2.24, 2.45) is 0 Å². The summed E-state index contributed by atoms with van der Waals surface area (Å²) in [5, 5.41) is 6.24. The standard InChI is InChI=1S/C35H34F3N3O3S/c36-26-13-9-24(10-14-26)31(25-11-15-27(37)16-12-25)21-34(42)40-33-8-4-7-32(38)30(33)18-17-28-22-39-23-35(19-20-35)41(28)45(43,44)29-5-2-1-3-6-29/h1-16,28,31,39H,17-23H2,(H,40,42). The van der Waals surface area contributed by atoms with Crippen LogP contribution in [0.5, 0.6) is 0 Å². The molecule has 6 rings (SSSR count). The predicted molar refractivity (Wildman–Crippen MR) is 167 cm³/mol. The number of nitrogens with one attached hydrogen (secondary N) is 2. The van der Waals surface area contributed by atoms with E-state index < -0.39 is 50.9 Å². The first-order chi connectivity index (χ1) is 21.7. The smallest absolute Gasteiger partial charge is 0.243 e. The van der Waals surface area contributed by atoms with Gasteiger partial charge in [0, 0.05) is 48.3 Å². The Balaban J connectivity index is 1.22. The zero-order valence-electron chi connectivity index (χ0n) is 24.6. The Bertz CT molecular complexity index is 1720. The highest BCUT2D eigenvalue weighted by Crippen LogP contribution is 2.47. The molecule has 1 aliphatic carbocycles. The van der Waals surface area contributed by atoms with Gasteiger partial charge in [0.2, 0.25) is 15.9 Å². The van der Waals surface area contributed by atoms with E-state index in [2.05, 4.69) is 10.6 Å². The number of anilines is 1. The molecule has 45 heavy (non-hydrogen) atoms. The van der Waals surface area contributed by atoms with E-state index in [1.54, 1.807) is 65.0 Å². The lowest BCUT2D eigenvalue weighted by atomic mass is 9.88. The molecule has 1 unspecified atom stereocenters. The summed E-state index contributed by atoms with van der Waals surface area (Å²) in [6.07, 6.45) is 2.01. The fourth-order valence-electron chi connectivity index (χ4n) is 6.38. The first-order valence-corrected chi connectivity index (χ1v) is 16.5. The van der Waals surface area contributed by atoms with Crippen molar-refractivity contribution >= 4 is 21.6 Å². The SMILES string of the molecule is O=C(CC(c1ccc(F)cc1)c1ccc(F)cc1)Nc1cccc(F)c1CCC1CNCC2(CC2)N1S(=O)(=O)c1ccccc1. The van der Waals surface area contributed by atoms with Gasteiger partial charge in [-0.1, -0.05) is 48.5 Å². The minimum atomic E-state index is -3.79. The molecule has 234 valence electrons. The summed E-state index contributed by atoms with van der Waals surface area (Å²) in [5.41, 5.74) is 1.46. The molecule has 6 nitrogen and oxygen atoms in total. The topological polar surface area (TPSA) is 78.5 Å². The molecule has 0 aromatic heterocycles. The Hall–Kier alpha value is -3.99. The van der Waals surface area contributed by atoms with Gasteiger partial charge in [-0.25, -0.2) is 21.6 Å². The molecule has 1 spiro atoms. The van der Waals surface area contributed by atoms with Gasteiger partial charge in [-0.3, -0.25) is 4.79 Å². The second-order valence-corrected chi connectivity index (χ2v) is 13.7. The second kappa shape index (κ2) is 12.8. The van der Waals surface area contributed by atoms with Crippen molar-refractivity contribution in [3.8, 4) is 0 Å². The molecule has 2 aliphatic rings. The van der Waals surface area contributed by atoms with Crippen molar-refractivity contribution in [1.29, 1.82) is 0 Å². The Labute approximate surface area is 261 Å². The van der Waals surface area contributed by atoms with Crippen LogP contribution in [0.1, 0.15) is 48.3 Å². The summed E-state index contributed by atoms with van der Waals surface area (Å²) < 4.78 is 72.0. The largest absolute Gasteiger partial charge is 0.326 e. The molecule has 1 atom stereocenters. The fourth-order valence-corrected chi connectivity index (χ4v) is 8.44. The van der Waals surface area contributed by atoms with Crippen LogP contribution in [0.4, 0.5) is 18.9 Å². The Morgan fingerprint density at radius 1 is 0.867 bits per heavy atom. The maximum Gasteiger partial charge on any atom is 0.243 e. The lowest BCUT2D eigenvalue weighted by molar-refractivity contribution is -0.116. The zero-order valence-corrected chi connectivity index (χ0v) is 25.4. The molecule has 0 radical (unpaired) electrons. The molecule has 1 heterocycles. The lowest BCUT2D eigenvalue weighted by Crippen LogP contribution is -2.61. The predicted octanol–water partition coefficient (Wildman–Crippen LogP) is 6.39. The summed E-state index contributed by atoms with van der Waals surface area (Å²) in [5.74, 6) is -2.22. The van der Waals surface area contributed by atoms with Crippen LogP contribution in [0, 0.1) is 17.5 Å². The van der Waals surface area contributed by atoms with Crippen molar-refractivity contribution in [3.05, 3.63) is 131 Å². The van der Waals surface area contributed by atoms with Crippen molar-refractivity contribution in [3.63, 3.8) is 0 Å². The number of nitrogens with zero attached hydrogens (tertiary/aromatic N) is 1. The van der Waals surface area contributed by atoms with E-state index in [0.717, 1.165) is 12.8 Å². The van der Waals surface area contributed by atoms with Gasteiger partial charge in [-0.2, -0.15) is 4.31 Å². The number of hydrogen-bond acceptors (Lipinski definition) is 4. The van der Waals surface area contributed by atoms with Crippen LogP contribution in [0.2, 0.25) is 0 Å². The maximum absolute atomic E-state index is 15.3. The number of benzene rings is 4. The van der Waals surface area contributed by atoms with Crippen LogP contribution < -0.4 is 10.6 Å². The van der Waals surface area contributed by atoms with Gasteiger partial charge in [0.25, 0.3) is 0 Å². The first kappa shape index (κ1) is 31.0. The Kier molecular flexibility index (Phi) is 8.81. The van der Waals surface area contributed by atoms with Crippen molar-refractivity contribution in [2.45, 2.75) is 54.5 Å². The van der Waals surface area contributed by atoms with Crippen LogP contribution >= 0.6 is 0 Å². The number of carbonyl (C=O) groups excluding carboxylic acids is 1. The monoisotopic (exact) mass is 633 g/mol. The van der Waals surface area contributed by atoms with Crippen molar-refractivity contribution in [1.82, 2.24) is 9.62 Å². The summed E-state index contributed by atoms with van der Waals surface area (Å²) in [4.78, 5) is 13.7. The van der Waals surface area contributed by atoms with E-state index in [4.69, 9.17) is 0 Å². The Morgan fingerprint density at radius 2 is 1.49 bits per heavy atom. The van der Waals surface area contributed by atoms with Crippen LogP contribution in [0.3, 0.4) is 0 Å². The number of sulfonamides is 1. The maximum atomic E-state index is 15.3. The molecule has 2 fully saturated rings. The molecule has 10 heteroatoms. The third-order valence-corrected chi connectivity index (χ3v) is 10.9. The summed E-state index contributed by atoms with van der Waals surface area (Å²) >= 11 is 0. The third kappa shape index (κ3) is 6.68. The minimum absolute atomic E-state index is 0.0502. The Morgan fingerprint density at radius 3 is 2.09 bits per heavy atom. The van der Waals surface area contributed by atoms with E-state index >= 15 is 4.39 Å². The lowest BCUT2D eigenvalue weighted by Gasteiger charge is -2.42. The number of amides is 1. The second-order valence-electron chi connectivity index (χ2n) is 11.8. The highest BCUT2D eigenvalue weighted by atomic mass is 32.2. The molecule has 4 aromatic carbocycles. The molecule has 1 amide bonds. The highest BCUT2D eigenvalue weighted by molar-refractivity contribution is 7.89. The van der Waals surface area contributed by atoms with Gasteiger partial charge in [-0.05, 0) is 85.3 Å². The molecule has 4 aromatic rings. The molecule has 2 N–H and O–H groups in total. The number of piperazine rings is 1. The fraction of sp³-hybridized carbons (Fsp3) is 0.286. The average Bonchev–Trinajstić information content (AvgIpc) is 3.79. The number of rotatable bonds is 10. The first-order valence-electron chi connectivity index (χ1n) is 15.0. The van der Waals surface area contributed by atoms with E-state index in [0.29, 0.717) is 41.9 Å². The normalized spacial score (nSPS) is 17.8. The number of carbonyl (C=O) groups is 1. The van der Waals surface area contributed by atoms with Crippen molar-refractivity contribution in [2.75, 3.05) is 18.4 Å². The molecule has 1 saturated carbocycles. The number of hydrogen-bond donors (Lipinski definition) is 2. The van der Waals surface area contributed by atoms with Gasteiger partial charge in [0.1, 0.15) is 17.5 Å². The quantitative estimate of drug-likeness (QED) is 0.212. The van der Waals surface area contributed by atoms with Gasteiger partial charge in [-0.15, -0.1) is 0 Å². The van der Waals surface area contributed by atoms with Crippen LogP contribution in [-0.2, 0) is 21.2 Å². The summed E-state index contributed by atoms with van der Waals surface area (Å²) in [6.45, 7) is 1.00. The van der Waals surface area contributed by atoms with Gasteiger partial charge >= 0.3 is 0 Å². The molecule has 0 bridgehead atoms. The third-order valence-electron chi connectivity index (χ3n) is 8.82. The number of halogens is 3.